The van der Waals surface area contributed by atoms with Crippen molar-refractivity contribution in [2.75, 3.05) is 32.7 Å². The van der Waals surface area contributed by atoms with Gasteiger partial charge >= 0.3 is 0 Å². The topological polar surface area (TPSA) is 44.4 Å². The maximum absolute atomic E-state index is 12.2. The Morgan fingerprint density at radius 3 is 2.60 bits per heavy atom. The third-order valence-electron chi connectivity index (χ3n) is 4.36. The number of nitrogens with one attached hydrogen (secondary N) is 2. The maximum atomic E-state index is 12.2. The van der Waals surface area contributed by atoms with Gasteiger partial charge in [0.1, 0.15) is 0 Å². The normalized spacial score (nSPS) is 18.2. The Bertz CT molecular complexity index is 264. The molecule has 0 radical (unpaired) electrons. The molecule has 20 heavy (non-hydrogen) atoms. The number of carbonyl (C=O) groups is 1. The van der Waals surface area contributed by atoms with Crippen LogP contribution in [0.15, 0.2) is 0 Å². The molecule has 4 nitrogen and oxygen atoms in total. The van der Waals surface area contributed by atoms with Crippen molar-refractivity contribution in [3.63, 3.8) is 0 Å². The summed E-state index contributed by atoms with van der Waals surface area (Å²) in [5.74, 6) is 0.934. The Hall–Kier alpha value is -0.610. The molecule has 1 amide bonds. The van der Waals surface area contributed by atoms with Crippen molar-refractivity contribution < 1.29 is 4.79 Å². The fraction of sp³-hybridized carbons (Fsp3) is 0.938. The molecule has 1 heterocycles. The molecule has 0 aromatic rings. The van der Waals surface area contributed by atoms with Crippen molar-refractivity contribution in [3.05, 3.63) is 0 Å². The van der Waals surface area contributed by atoms with Crippen LogP contribution in [0.3, 0.4) is 0 Å². The Morgan fingerprint density at radius 1 is 1.30 bits per heavy atom. The molecule has 1 unspecified atom stereocenters. The second-order valence-electron chi connectivity index (χ2n) is 5.96. The van der Waals surface area contributed by atoms with Crippen LogP contribution in [0.25, 0.3) is 0 Å². The Kier molecular flexibility index (Phi) is 8.86. The van der Waals surface area contributed by atoms with Gasteiger partial charge < -0.3 is 10.6 Å². The van der Waals surface area contributed by atoms with Crippen LogP contribution in [0.1, 0.15) is 52.9 Å². The summed E-state index contributed by atoms with van der Waals surface area (Å²) in [5.41, 5.74) is 0. The van der Waals surface area contributed by atoms with Crippen molar-refractivity contribution in [1.29, 1.82) is 0 Å². The van der Waals surface area contributed by atoms with Gasteiger partial charge in [-0.3, -0.25) is 9.69 Å². The average molecular weight is 283 g/mol. The van der Waals surface area contributed by atoms with Crippen LogP contribution in [-0.4, -0.2) is 49.6 Å². The van der Waals surface area contributed by atoms with Crippen LogP contribution < -0.4 is 10.6 Å². The van der Waals surface area contributed by atoms with E-state index in [1.54, 1.807) is 0 Å². The molecule has 0 aromatic heterocycles. The van der Waals surface area contributed by atoms with Crippen molar-refractivity contribution in [3.8, 4) is 0 Å². The van der Waals surface area contributed by atoms with Crippen LogP contribution >= 0.6 is 0 Å². The summed E-state index contributed by atoms with van der Waals surface area (Å²) >= 11 is 0. The van der Waals surface area contributed by atoms with Crippen LogP contribution in [0.5, 0.6) is 0 Å². The van der Waals surface area contributed by atoms with Gasteiger partial charge in [-0.25, -0.2) is 0 Å². The quantitative estimate of drug-likeness (QED) is 0.636. The highest BCUT2D eigenvalue weighted by Gasteiger charge is 2.23. The SMILES string of the molecule is CCCCCNC(=O)C(C)N(CC)CC1CCNCC1. The van der Waals surface area contributed by atoms with Crippen molar-refractivity contribution in [2.45, 2.75) is 58.9 Å². The van der Waals surface area contributed by atoms with Gasteiger partial charge in [-0.15, -0.1) is 0 Å². The average Bonchev–Trinajstić information content (AvgIpc) is 2.49. The third kappa shape index (κ3) is 6.23. The highest BCUT2D eigenvalue weighted by Crippen LogP contribution is 2.15. The predicted octanol–water partition coefficient (Wildman–Crippen LogP) is 2.00. The van der Waals surface area contributed by atoms with E-state index in [0.29, 0.717) is 0 Å². The zero-order chi connectivity index (χ0) is 14.8. The maximum Gasteiger partial charge on any atom is 0.237 e. The zero-order valence-electron chi connectivity index (χ0n) is 13.6. The first-order valence-electron chi connectivity index (χ1n) is 8.41. The molecule has 0 bridgehead atoms. The number of piperidine rings is 1. The van der Waals surface area contributed by atoms with E-state index in [9.17, 15) is 4.79 Å². The summed E-state index contributed by atoms with van der Waals surface area (Å²) < 4.78 is 0. The minimum Gasteiger partial charge on any atom is -0.355 e. The second kappa shape index (κ2) is 10.2. The van der Waals surface area contributed by atoms with E-state index >= 15 is 0 Å². The molecule has 1 fully saturated rings. The van der Waals surface area contributed by atoms with Gasteiger partial charge in [-0.2, -0.15) is 0 Å². The van der Waals surface area contributed by atoms with Crippen molar-refractivity contribution >= 4 is 5.91 Å². The summed E-state index contributed by atoms with van der Waals surface area (Å²) in [6.07, 6.45) is 5.96. The van der Waals surface area contributed by atoms with Crippen LogP contribution in [-0.2, 0) is 4.79 Å². The first-order chi connectivity index (χ1) is 9.69. The molecule has 0 spiro atoms. The van der Waals surface area contributed by atoms with E-state index in [2.05, 4.69) is 29.4 Å². The molecule has 1 aliphatic heterocycles. The standard InChI is InChI=1S/C16H33N3O/c1-4-6-7-10-18-16(20)14(3)19(5-2)13-15-8-11-17-12-9-15/h14-15,17H,4-13H2,1-3H3,(H,18,20). The lowest BCUT2D eigenvalue weighted by Crippen LogP contribution is -2.48. The summed E-state index contributed by atoms with van der Waals surface area (Å²) in [4.78, 5) is 14.5. The lowest BCUT2D eigenvalue weighted by Gasteiger charge is -2.32. The van der Waals surface area contributed by atoms with Gasteiger partial charge in [0.05, 0.1) is 6.04 Å². The fourth-order valence-corrected chi connectivity index (χ4v) is 2.86. The van der Waals surface area contributed by atoms with Crippen molar-refractivity contribution in [2.24, 2.45) is 5.92 Å². The third-order valence-corrected chi connectivity index (χ3v) is 4.36. The number of likely N-dealkylation sites (N-methyl/N-ethyl adjacent to an activating group) is 1. The molecule has 0 aromatic carbocycles. The number of hydrogen-bond donors (Lipinski definition) is 2. The molecule has 0 aliphatic carbocycles. The molecule has 1 atom stereocenters. The molecule has 4 heteroatoms. The molecule has 1 rings (SSSR count). The molecule has 0 saturated carbocycles. The van der Waals surface area contributed by atoms with E-state index in [1.165, 1.54) is 25.7 Å². The van der Waals surface area contributed by atoms with Gasteiger partial charge in [0.25, 0.3) is 0 Å². The largest absolute Gasteiger partial charge is 0.355 e. The monoisotopic (exact) mass is 283 g/mol. The number of rotatable bonds is 9. The van der Waals surface area contributed by atoms with Crippen LogP contribution in [0.4, 0.5) is 0 Å². The minimum atomic E-state index is -0.00323. The van der Waals surface area contributed by atoms with Gasteiger partial charge in [-0.05, 0) is 51.7 Å². The Morgan fingerprint density at radius 2 is 2.00 bits per heavy atom. The molecule has 2 N–H and O–H groups in total. The van der Waals surface area contributed by atoms with E-state index in [1.807, 2.05) is 6.92 Å². The lowest BCUT2D eigenvalue weighted by molar-refractivity contribution is -0.126. The van der Waals surface area contributed by atoms with Gasteiger partial charge in [0, 0.05) is 13.1 Å². The highest BCUT2D eigenvalue weighted by molar-refractivity contribution is 5.81. The molecule has 1 saturated heterocycles. The van der Waals surface area contributed by atoms with E-state index in [0.717, 1.165) is 45.1 Å². The zero-order valence-corrected chi connectivity index (χ0v) is 13.6. The van der Waals surface area contributed by atoms with Gasteiger partial charge in [0.2, 0.25) is 5.91 Å². The number of hydrogen-bond acceptors (Lipinski definition) is 3. The van der Waals surface area contributed by atoms with E-state index in [4.69, 9.17) is 0 Å². The first-order valence-corrected chi connectivity index (χ1v) is 8.41. The summed E-state index contributed by atoms with van der Waals surface area (Å²) in [7, 11) is 0. The minimum absolute atomic E-state index is 0.00323. The Labute approximate surface area is 124 Å². The summed E-state index contributed by atoms with van der Waals surface area (Å²) in [6.45, 7) is 11.5. The first kappa shape index (κ1) is 17.4. The van der Waals surface area contributed by atoms with E-state index < -0.39 is 0 Å². The fourth-order valence-electron chi connectivity index (χ4n) is 2.86. The highest BCUT2D eigenvalue weighted by atomic mass is 16.2. The van der Waals surface area contributed by atoms with Crippen LogP contribution in [0, 0.1) is 5.92 Å². The number of carbonyl (C=O) groups excluding carboxylic acids is 1. The molecular formula is C16H33N3O. The van der Waals surface area contributed by atoms with Crippen LogP contribution in [0.2, 0.25) is 0 Å². The molecular weight excluding hydrogens is 250 g/mol. The smallest absolute Gasteiger partial charge is 0.237 e. The number of unbranched alkanes of at least 4 members (excludes halogenated alkanes) is 2. The van der Waals surface area contributed by atoms with Crippen molar-refractivity contribution in [1.82, 2.24) is 15.5 Å². The van der Waals surface area contributed by atoms with Gasteiger partial charge in [0.15, 0.2) is 0 Å². The summed E-state index contributed by atoms with van der Waals surface area (Å²) in [5, 5.41) is 6.48. The van der Waals surface area contributed by atoms with Gasteiger partial charge in [-0.1, -0.05) is 26.7 Å². The Balaban J connectivity index is 2.32. The second-order valence-corrected chi connectivity index (χ2v) is 5.96. The molecule has 118 valence electrons. The predicted molar refractivity (Wildman–Crippen MR) is 84.8 cm³/mol. The summed E-state index contributed by atoms with van der Waals surface area (Å²) in [6, 6.07) is -0.00323. The molecule has 1 aliphatic rings. The number of amides is 1. The lowest BCUT2D eigenvalue weighted by atomic mass is 9.97. The number of nitrogens with zero attached hydrogens (tertiary/aromatic N) is 1. The van der Waals surface area contributed by atoms with E-state index in [-0.39, 0.29) is 11.9 Å².